The Morgan fingerprint density at radius 2 is 1.72 bits per heavy atom. The van der Waals surface area contributed by atoms with Gasteiger partial charge in [0, 0.05) is 62.2 Å². The Bertz CT molecular complexity index is 1920. The van der Waals surface area contributed by atoms with E-state index in [2.05, 4.69) is 33.7 Å². The molecule has 1 aliphatic carbocycles. The van der Waals surface area contributed by atoms with Crippen molar-refractivity contribution in [1.29, 1.82) is 0 Å². The number of amides is 1. The molecular weight excluding hydrogens is 698 g/mol. The highest BCUT2D eigenvalue weighted by Crippen LogP contribution is 2.54. The Labute approximate surface area is 311 Å². The number of rotatable bonds is 11. The van der Waals surface area contributed by atoms with Crippen LogP contribution < -0.4 is 14.9 Å². The van der Waals surface area contributed by atoms with Crippen LogP contribution in [-0.2, 0) is 14.8 Å². The lowest BCUT2D eigenvalue weighted by molar-refractivity contribution is -0.384. The third kappa shape index (κ3) is 8.07. The van der Waals surface area contributed by atoms with Gasteiger partial charge in [0.25, 0.3) is 21.6 Å². The number of piperidine rings is 1. The van der Waals surface area contributed by atoms with Crippen molar-refractivity contribution in [2.75, 3.05) is 49.6 Å². The number of nitrogens with zero attached hydrogens (tertiary/aromatic N) is 3. The Kier molecular flexibility index (Phi) is 10.8. The number of nitrogens with one attached hydrogen (secondary N) is 2. The molecule has 1 atom stereocenters. The van der Waals surface area contributed by atoms with Gasteiger partial charge in [-0.2, -0.15) is 0 Å². The van der Waals surface area contributed by atoms with Crippen molar-refractivity contribution in [2.24, 2.45) is 11.3 Å². The molecule has 3 heterocycles. The predicted molar refractivity (Wildman–Crippen MR) is 202 cm³/mol. The second-order valence-corrected chi connectivity index (χ2v) is 17.4. The smallest absolute Gasteiger partial charge is 0.293 e. The summed E-state index contributed by atoms with van der Waals surface area (Å²) in [4.78, 5) is 28.9. The lowest BCUT2D eigenvalue weighted by Crippen LogP contribution is -2.54. The van der Waals surface area contributed by atoms with Gasteiger partial charge in [0.1, 0.15) is 11.5 Å². The van der Waals surface area contributed by atoms with Crippen LogP contribution in [0.5, 0.6) is 0 Å². The molecule has 7 rings (SSSR count). The summed E-state index contributed by atoms with van der Waals surface area (Å²) < 4.78 is 47.9. The van der Waals surface area contributed by atoms with Crippen molar-refractivity contribution in [1.82, 2.24) is 9.62 Å². The van der Waals surface area contributed by atoms with E-state index < -0.39 is 20.9 Å². The monoisotopic (exact) mass is 747 g/mol. The first kappa shape index (κ1) is 37.3. The average molecular weight is 748 g/mol. The lowest BCUT2D eigenvalue weighted by Gasteiger charge is -2.56. The summed E-state index contributed by atoms with van der Waals surface area (Å²) in [6, 6.07) is 16.8. The summed E-state index contributed by atoms with van der Waals surface area (Å²) in [5.41, 5.74) is 3.76. The van der Waals surface area contributed by atoms with Crippen LogP contribution in [-0.4, -0.2) is 69.6 Å². The number of hydrogen-bond acceptors (Lipinski definition) is 9. The Balaban J connectivity index is 0.923. The lowest BCUT2D eigenvalue weighted by atomic mass is 9.59. The van der Waals surface area contributed by atoms with E-state index in [0.29, 0.717) is 43.2 Å². The van der Waals surface area contributed by atoms with Crippen molar-refractivity contribution in [2.45, 2.75) is 88.1 Å². The van der Waals surface area contributed by atoms with E-state index in [1.165, 1.54) is 37.0 Å². The molecular formula is C40H50FN5O6S. The molecule has 4 fully saturated rings. The SMILES string of the molecule is CC(C)c1cc(F)ccc1[C@@H]1CCCN1C1CC2(CCN(c3ccc(C(=O)NS(=O)(=O)c4ccc(NCC5CCOCC5)c([N+](=O)[O-])c4)cc3)CC2)C1. The summed E-state index contributed by atoms with van der Waals surface area (Å²) in [7, 11) is -4.37. The fourth-order valence-corrected chi connectivity index (χ4v) is 9.97. The average Bonchev–Trinajstić information content (AvgIpc) is 3.62. The third-order valence-corrected chi connectivity index (χ3v) is 13.4. The predicted octanol–water partition coefficient (Wildman–Crippen LogP) is 7.40. The minimum atomic E-state index is -4.37. The zero-order valence-electron chi connectivity index (χ0n) is 30.6. The number of sulfonamides is 1. The zero-order valence-corrected chi connectivity index (χ0v) is 31.4. The summed E-state index contributed by atoms with van der Waals surface area (Å²) in [5, 5.41) is 14.9. The largest absolute Gasteiger partial charge is 0.381 e. The quantitative estimate of drug-likeness (QED) is 0.152. The van der Waals surface area contributed by atoms with Crippen molar-refractivity contribution in [3.63, 3.8) is 0 Å². The first-order valence-electron chi connectivity index (χ1n) is 19.0. The summed E-state index contributed by atoms with van der Waals surface area (Å²) in [6.45, 7) is 9.00. The van der Waals surface area contributed by atoms with Crippen LogP contribution >= 0.6 is 0 Å². The van der Waals surface area contributed by atoms with Gasteiger partial charge in [0.15, 0.2) is 0 Å². The molecule has 1 amide bonds. The van der Waals surface area contributed by atoms with E-state index in [9.17, 15) is 27.7 Å². The number of nitro benzene ring substituents is 1. The van der Waals surface area contributed by atoms with Crippen LogP contribution in [0, 0.1) is 27.3 Å². The fraction of sp³-hybridized carbons (Fsp3) is 0.525. The number of nitro groups is 1. The normalized spacial score (nSPS) is 21.1. The van der Waals surface area contributed by atoms with E-state index >= 15 is 0 Å². The van der Waals surface area contributed by atoms with Crippen molar-refractivity contribution < 1.29 is 27.3 Å². The Hall–Kier alpha value is -4.07. The number of ether oxygens (including phenoxy) is 1. The van der Waals surface area contributed by atoms with E-state index in [4.69, 9.17) is 4.74 Å². The highest BCUT2D eigenvalue weighted by Gasteiger charge is 2.50. The number of likely N-dealkylation sites (tertiary alicyclic amines) is 1. The van der Waals surface area contributed by atoms with Gasteiger partial charge < -0.3 is 15.0 Å². The number of carbonyl (C=O) groups excluding carboxylic acids is 1. The molecule has 3 saturated heterocycles. The molecule has 3 aromatic carbocycles. The van der Waals surface area contributed by atoms with E-state index in [1.54, 1.807) is 24.3 Å². The van der Waals surface area contributed by atoms with Crippen LogP contribution in [0.3, 0.4) is 0 Å². The van der Waals surface area contributed by atoms with Gasteiger partial charge in [0.2, 0.25) is 0 Å². The van der Waals surface area contributed by atoms with Crippen molar-refractivity contribution in [3.8, 4) is 0 Å². The van der Waals surface area contributed by atoms with Gasteiger partial charge in [-0.25, -0.2) is 17.5 Å². The number of carbonyl (C=O) groups is 1. The maximum atomic E-state index is 14.1. The summed E-state index contributed by atoms with van der Waals surface area (Å²) in [6.07, 6.45) is 8.52. The standard InChI is InChI=1S/C40H50FN5O6S/c1-27(2)35-22-30(41)7-11-34(35)37-4-3-17-45(37)32-24-40(25-32)15-18-44(19-16-40)31-8-5-29(6-9-31)39(47)43-53(50,51)33-10-12-36(38(23-33)46(48)49)42-26-28-13-20-52-21-14-28/h5-12,22-23,27-28,32,37,42H,3-4,13-21,24-26H2,1-2H3,(H,43,47)/t37-/m0/s1. The van der Waals surface area contributed by atoms with Gasteiger partial charge in [-0.15, -0.1) is 0 Å². The van der Waals surface area contributed by atoms with Gasteiger partial charge in [0.05, 0.1) is 9.82 Å². The highest BCUT2D eigenvalue weighted by atomic mass is 32.2. The molecule has 53 heavy (non-hydrogen) atoms. The molecule has 0 bridgehead atoms. The second-order valence-electron chi connectivity index (χ2n) is 15.7. The highest BCUT2D eigenvalue weighted by molar-refractivity contribution is 7.90. The van der Waals surface area contributed by atoms with E-state index in [1.807, 2.05) is 18.2 Å². The summed E-state index contributed by atoms with van der Waals surface area (Å²) >= 11 is 0. The van der Waals surface area contributed by atoms with Gasteiger partial charge in [-0.1, -0.05) is 19.9 Å². The maximum absolute atomic E-state index is 14.1. The molecule has 1 spiro atoms. The molecule has 3 aliphatic heterocycles. The van der Waals surface area contributed by atoms with Gasteiger partial charge in [-0.3, -0.25) is 19.8 Å². The van der Waals surface area contributed by atoms with Crippen molar-refractivity contribution >= 4 is 33.0 Å². The fourth-order valence-electron chi connectivity index (χ4n) is 8.98. The van der Waals surface area contributed by atoms with Gasteiger partial charge in [-0.05, 0) is 135 Å². The minimum absolute atomic E-state index is 0.163. The zero-order chi connectivity index (χ0) is 37.3. The molecule has 4 aliphatic rings. The molecule has 2 N–H and O–H groups in total. The van der Waals surface area contributed by atoms with Crippen LogP contribution in [0.4, 0.5) is 21.5 Å². The van der Waals surface area contributed by atoms with Crippen LogP contribution in [0.15, 0.2) is 65.6 Å². The third-order valence-electron chi connectivity index (χ3n) is 12.1. The molecule has 0 aromatic heterocycles. The van der Waals surface area contributed by atoms with E-state index in [-0.39, 0.29) is 33.6 Å². The number of benzene rings is 3. The molecule has 0 radical (unpaired) electrons. The Morgan fingerprint density at radius 1 is 1.00 bits per heavy atom. The van der Waals surface area contributed by atoms with Crippen LogP contribution in [0.1, 0.15) is 98.7 Å². The molecule has 13 heteroatoms. The first-order chi connectivity index (χ1) is 25.4. The number of hydrogen-bond donors (Lipinski definition) is 2. The van der Waals surface area contributed by atoms with E-state index in [0.717, 1.165) is 69.1 Å². The number of anilines is 2. The molecule has 1 saturated carbocycles. The first-order valence-corrected chi connectivity index (χ1v) is 20.5. The van der Waals surface area contributed by atoms with Crippen LogP contribution in [0.2, 0.25) is 0 Å². The van der Waals surface area contributed by atoms with Gasteiger partial charge >= 0.3 is 0 Å². The number of halogens is 1. The van der Waals surface area contributed by atoms with Crippen LogP contribution in [0.25, 0.3) is 0 Å². The second kappa shape index (κ2) is 15.3. The maximum Gasteiger partial charge on any atom is 0.293 e. The molecule has 11 nitrogen and oxygen atoms in total. The summed E-state index contributed by atoms with van der Waals surface area (Å²) in [5.74, 6) is -0.382. The molecule has 3 aromatic rings. The van der Waals surface area contributed by atoms with Crippen molar-refractivity contribution in [3.05, 3.63) is 93.3 Å². The molecule has 0 unspecified atom stereocenters. The minimum Gasteiger partial charge on any atom is -0.381 e. The molecule has 284 valence electrons. The topological polar surface area (TPSA) is 134 Å². The Morgan fingerprint density at radius 3 is 2.40 bits per heavy atom.